The van der Waals surface area contributed by atoms with Crippen molar-refractivity contribution < 1.29 is 4.74 Å². The van der Waals surface area contributed by atoms with Gasteiger partial charge in [0.1, 0.15) is 0 Å². The molecule has 3 heteroatoms. The van der Waals surface area contributed by atoms with E-state index in [1.807, 2.05) is 6.07 Å². The number of methoxy groups -OCH3 is 1. The maximum Gasteiger partial charge on any atom is 0.0667 e. The van der Waals surface area contributed by atoms with Crippen LogP contribution < -0.4 is 11.1 Å². The molecule has 1 aromatic rings. The zero-order valence-corrected chi connectivity index (χ0v) is 11.8. The lowest BCUT2D eigenvalue weighted by molar-refractivity contribution is 0.107. The third-order valence-electron chi connectivity index (χ3n) is 3.48. The molecule has 0 aliphatic rings. The lowest BCUT2D eigenvalue weighted by atomic mass is 9.93. The number of rotatable bonds is 8. The van der Waals surface area contributed by atoms with Gasteiger partial charge < -0.3 is 15.8 Å². The van der Waals surface area contributed by atoms with Crippen molar-refractivity contribution >= 4 is 0 Å². The van der Waals surface area contributed by atoms with E-state index in [0.29, 0.717) is 6.54 Å². The van der Waals surface area contributed by atoms with E-state index in [1.54, 1.807) is 7.11 Å². The summed E-state index contributed by atoms with van der Waals surface area (Å²) in [5.41, 5.74) is 7.23. The van der Waals surface area contributed by atoms with Gasteiger partial charge in [-0.05, 0) is 32.3 Å². The van der Waals surface area contributed by atoms with E-state index in [2.05, 4.69) is 43.4 Å². The molecule has 0 fully saturated rings. The minimum Gasteiger partial charge on any atom is -0.380 e. The summed E-state index contributed by atoms with van der Waals surface area (Å²) >= 11 is 0. The van der Waals surface area contributed by atoms with Gasteiger partial charge >= 0.3 is 0 Å². The predicted molar refractivity (Wildman–Crippen MR) is 76.7 cm³/mol. The summed E-state index contributed by atoms with van der Waals surface area (Å²) < 4.78 is 5.25. The second kappa shape index (κ2) is 7.52. The Bertz CT molecular complexity index is 329. The van der Waals surface area contributed by atoms with Crippen LogP contribution in [0.2, 0.25) is 0 Å². The lowest BCUT2D eigenvalue weighted by Crippen LogP contribution is -2.51. The Kier molecular flexibility index (Phi) is 6.33. The molecule has 0 heterocycles. The number of aryl methyl sites for hydroxylation is 1. The molecular weight excluding hydrogens is 224 g/mol. The summed E-state index contributed by atoms with van der Waals surface area (Å²) in [5, 5.41) is 3.52. The van der Waals surface area contributed by atoms with Crippen LogP contribution in [0.15, 0.2) is 30.3 Å². The molecule has 0 saturated heterocycles. The normalized spacial score (nSPS) is 16.2. The summed E-state index contributed by atoms with van der Waals surface area (Å²) in [6.45, 7) is 5.70. The zero-order chi connectivity index (χ0) is 13.4. The average molecular weight is 250 g/mol. The molecule has 3 N–H and O–H groups in total. The fourth-order valence-corrected chi connectivity index (χ4v) is 1.80. The summed E-state index contributed by atoms with van der Waals surface area (Å²) in [7, 11) is 1.73. The first-order chi connectivity index (χ1) is 8.59. The topological polar surface area (TPSA) is 47.3 Å². The Morgan fingerprint density at radius 1 is 1.33 bits per heavy atom. The van der Waals surface area contributed by atoms with E-state index in [-0.39, 0.29) is 11.6 Å². The smallest absolute Gasteiger partial charge is 0.0667 e. The monoisotopic (exact) mass is 250 g/mol. The molecule has 0 amide bonds. The number of nitrogens with two attached hydrogens (primary N) is 1. The van der Waals surface area contributed by atoms with E-state index in [9.17, 15) is 0 Å². The van der Waals surface area contributed by atoms with Gasteiger partial charge in [0.15, 0.2) is 0 Å². The quantitative estimate of drug-likeness (QED) is 0.741. The number of nitrogens with one attached hydrogen (secondary N) is 1. The molecule has 1 rings (SSSR count). The van der Waals surface area contributed by atoms with Gasteiger partial charge in [-0.1, -0.05) is 30.3 Å². The largest absolute Gasteiger partial charge is 0.380 e. The van der Waals surface area contributed by atoms with Crippen LogP contribution in [0.4, 0.5) is 0 Å². The molecule has 2 unspecified atom stereocenters. The van der Waals surface area contributed by atoms with E-state index in [1.165, 1.54) is 5.56 Å². The molecule has 3 nitrogen and oxygen atoms in total. The van der Waals surface area contributed by atoms with Crippen LogP contribution in [0.5, 0.6) is 0 Å². The Morgan fingerprint density at radius 2 is 2.00 bits per heavy atom. The summed E-state index contributed by atoms with van der Waals surface area (Å²) in [5.74, 6) is 0. The van der Waals surface area contributed by atoms with Crippen molar-refractivity contribution in [3.63, 3.8) is 0 Å². The molecule has 0 radical (unpaired) electrons. The molecule has 0 saturated carbocycles. The highest BCUT2D eigenvalue weighted by Crippen LogP contribution is 2.13. The molecule has 0 spiro atoms. The van der Waals surface area contributed by atoms with Crippen molar-refractivity contribution in [3.8, 4) is 0 Å². The van der Waals surface area contributed by atoms with Crippen molar-refractivity contribution in [1.82, 2.24) is 5.32 Å². The van der Waals surface area contributed by atoms with Crippen LogP contribution in [-0.4, -0.2) is 31.8 Å². The van der Waals surface area contributed by atoms with Crippen LogP contribution in [-0.2, 0) is 11.2 Å². The highest BCUT2D eigenvalue weighted by Gasteiger charge is 2.22. The SMILES string of the molecule is COC(C)CNC(C)(CN)CCc1ccccc1. The first-order valence-electron chi connectivity index (χ1n) is 6.61. The first-order valence-corrected chi connectivity index (χ1v) is 6.61. The van der Waals surface area contributed by atoms with Crippen molar-refractivity contribution in [2.45, 2.75) is 38.3 Å². The van der Waals surface area contributed by atoms with Crippen molar-refractivity contribution in [2.24, 2.45) is 5.73 Å². The highest BCUT2D eigenvalue weighted by atomic mass is 16.5. The minimum atomic E-state index is -0.0252. The fraction of sp³-hybridized carbons (Fsp3) is 0.600. The van der Waals surface area contributed by atoms with Gasteiger partial charge in [0.2, 0.25) is 0 Å². The van der Waals surface area contributed by atoms with Crippen molar-refractivity contribution in [2.75, 3.05) is 20.2 Å². The molecule has 2 atom stereocenters. The van der Waals surface area contributed by atoms with Gasteiger partial charge in [0.05, 0.1) is 6.10 Å². The second-order valence-corrected chi connectivity index (χ2v) is 5.18. The molecule has 1 aromatic carbocycles. The van der Waals surface area contributed by atoms with Gasteiger partial charge in [0.25, 0.3) is 0 Å². The summed E-state index contributed by atoms with van der Waals surface area (Å²) in [6.07, 6.45) is 2.29. The third-order valence-corrected chi connectivity index (χ3v) is 3.48. The number of benzene rings is 1. The number of hydrogen-bond acceptors (Lipinski definition) is 3. The summed E-state index contributed by atoms with van der Waals surface area (Å²) in [4.78, 5) is 0. The lowest BCUT2D eigenvalue weighted by Gasteiger charge is -2.31. The molecule has 18 heavy (non-hydrogen) atoms. The zero-order valence-electron chi connectivity index (χ0n) is 11.8. The van der Waals surface area contributed by atoms with E-state index in [4.69, 9.17) is 10.5 Å². The predicted octanol–water partition coefficient (Wildman–Crippen LogP) is 1.96. The maximum absolute atomic E-state index is 5.90. The summed E-state index contributed by atoms with van der Waals surface area (Å²) in [6, 6.07) is 10.5. The standard InChI is InChI=1S/C15H26N2O/c1-13(18-3)11-17-15(2,12-16)10-9-14-7-5-4-6-8-14/h4-8,13,17H,9-12,16H2,1-3H3. The van der Waals surface area contributed by atoms with Gasteiger partial charge in [0, 0.05) is 25.7 Å². The van der Waals surface area contributed by atoms with Crippen molar-refractivity contribution in [1.29, 1.82) is 0 Å². The van der Waals surface area contributed by atoms with Crippen LogP contribution in [0.3, 0.4) is 0 Å². The van der Waals surface area contributed by atoms with Crippen LogP contribution >= 0.6 is 0 Å². The minimum absolute atomic E-state index is 0.0252. The Labute approximate surface area is 111 Å². The number of ether oxygens (including phenoxy) is 1. The van der Waals surface area contributed by atoms with E-state index < -0.39 is 0 Å². The molecule has 0 aliphatic heterocycles. The molecule has 102 valence electrons. The van der Waals surface area contributed by atoms with Gasteiger partial charge in [-0.2, -0.15) is 0 Å². The van der Waals surface area contributed by atoms with Crippen LogP contribution in [0.25, 0.3) is 0 Å². The number of hydrogen-bond donors (Lipinski definition) is 2. The van der Waals surface area contributed by atoms with Crippen LogP contribution in [0.1, 0.15) is 25.8 Å². The Balaban J connectivity index is 2.44. The molecule has 0 aromatic heterocycles. The Hall–Kier alpha value is -0.900. The first kappa shape index (κ1) is 15.2. The highest BCUT2D eigenvalue weighted by molar-refractivity contribution is 5.15. The van der Waals surface area contributed by atoms with Gasteiger partial charge in [-0.15, -0.1) is 0 Å². The fourth-order valence-electron chi connectivity index (χ4n) is 1.80. The third kappa shape index (κ3) is 5.17. The Morgan fingerprint density at radius 3 is 2.56 bits per heavy atom. The molecule has 0 aliphatic carbocycles. The van der Waals surface area contributed by atoms with E-state index in [0.717, 1.165) is 19.4 Å². The second-order valence-electron chi connectivity index (χ2n) is 5.18. The molecular formula is C15H26N2O. The van der Waals surface area contributed by atoms with E-state index >= 15 is 0 Å². The average Bonchev–Trinajstić information content (AvgIpc) is 2.43. The van der Waals surface area contributed by atoms with Crippen molar-refractivity contribution in [3.05, 3.63) is 35.9 Å². The van der Waals surface area contributed by atoms with Crippen LogP contribution in [0, 0.1) is 0 Å². The molecule has 0 bridgehead atoms. The maximum atomic E-state index is 5.90. The van der Waals surface area contributed by atoms with Gasteiger partial charge in [-0.3, -0.25) is 0 Å². The van der Waals surface area contributed by atoms with Gasteiger partial charge in [-0.25, -0.2) is 0 Å².